The first-order valence-electron chi connectivity index (χ1n) is 6.64. The molecular weight excluding hydrogens is 284 g/mol. The largest absolute Gasteiger partial charge is 0.496 e. The SMILES string of the molecule is COc1cccc(OC)c1C(=O)c1c(OC)cccc1OC. The smallest absolute Gasteiger partial charge is 0.208 e. The van der Waals surface area contributed by atoms with Gasteiger partial charge in [0.15, 0.2) is 0 Å². The van der Waals surface area contributed by atoms with Crippen LogP contribution in [0.5, 0.6) is 23.0 Å². The maximum absolute atomic E-state index is 13.0. The first-order chi connectivity index (χ1) is 10.7. The van der Waals surface area contributed by atoms with Gasteiger partial charge in [-0.3, -0.25) is 4.79 Å². The van der Waals surface area contributed by atoms with Gasteiger partial charge >= 0.3 is 0 Å². The average Bonchev–Trinajstić information content (AvgIpc) is 2.59. The van der Waals surface area contributed by atoms with Crippen molar-refractivity contribution in [3.63, 3.8) is 0 Å². The highest BCUT2D eigenvalue weighted by atomic mass is 16.5. The molecule has 0 aliphatic heterocycles. The third-order valence-electron chi connectivity index (χ3n) is 3.31. The van der Waals surface area contributed by atoms with E-state index in [2.05, 4.69) is 0 Å². The zero-order valence-corrected chi connectivity index (χ0v) is 13.0. The molecule has 2 rings (SSSR count). The number of benzene rings is 2. The number of carbonyl (C=O) groups is 1. The molecule has 0 saturated carbocycles. The fourth-order valence-corrected chi connectivity index (χ4v) is 2.27. The number of methoxy groups -OCH3 is 4. The van der Waals surface area contributed by atoms with Crippen molar-refractivity contribution in [2.45, 2.75) is 0 Å². The third-order valence-corrected chi connectivity index (χ3v) is 3.31. The lowest BCUT2D eigenvalue weighted by Crippen LogP contribution is -2.09. The summed E-state index contributed by atoms with van der Waals surface area (Å²) in [6, 6.07) is 10.3. The second-order valence-electron chi connectivity index (χ2n) is 4.40. The Kier molecular flexibility index (Phi) is 4.88. The van der Waals surface area contributed by atoms with Crippen molar-refractivity contribution in [2.75, 3.05) is 28.4 Å². The van der Waals surface area contributed by atoms with Crippen molar-refractivity contribution >= 4 is 5.78 Å². The van der Waals surface area contributed by atoms with E-state index in [1.165, 1.54) is 28.4 Å². The number of rotatable bonds is 6. The normalized spacial score (nSPS) is 10.0. The van der Waals surface area contributed by atoms with Crippen LogP contribution in [-0.4, -0.2) is 34.2 Å². The molecule has 0 aliphatic rings. The predicted molar refractivity (Wildman–Crippen MR) is 82.5 cm³/mol. The van der Waals surface area contributed by atoms with E-state index >= 15 is 0 Å². The van der Waals surface area contributed by atoms with Crippen molar-refractivity contribution in [1.82, 2.24) is 0 Å². The van der Waals surface area contributed by atoms with Crippen molar-refractivity contribution in [1.29, 1.82) is 0 Å². The van der Waals surface area contributed by atoms with Crippen LogP contribution >= 0.6 is 0 Å². The topological polar surface area (TPSA) is 54.0 Å². The summed E-state index contributed by atoms with van der Waals surface area (Å²) in [5.74, 6) is 1.42. The molecule has 2 aromatic rings. The van der Waals surface area contributed by atoms with Crippen LogP contribution in [0.2, 0.25) is 0 Å². The van der Waals surface area contributed by atoms with Crippen LogP contribution in [0, 0.1) is 0 Å². The summed E-state index contributed by atoms with van der Waals surface area (Å²) in [4.78, 5) is 13.0. The molecule has 22 heavy (non-hydrogen) atoms. The molecule has 0 bridgehead atoms. The Balaban J connectivity index is 2.68. The van der Waals surface area contributed by atoms with Gasteiger partial charge in [0.1, 0.15) is 34.1 Å². The second kappa shape index (κ2) is 6.85. The van der Waals surface area contributed by atoms with Crippen molar-refractivity contribution in [2.24, 2.45) is 0 Å². The van der Waals surface area contributed by atoms with E-state index in [0.717, 1.165) is 0 Å². The summed E-state index contributed by atoms with van der Waals surface area (Å²) in [5, 5.41) is 0. The zero-order valence-electron chi connectivity index (χ0n) is 13.0. The molecule has 0 atom stereocenters. The molecule has 0 aliphatic carbocycles. The van der Waals surface area contributed by atoms with Crippen LogP contribution in [-0.2, 0) is 0 Å². The van der Waals surface area contributed by atoms with Crippen LogP contribution in [0.25, 0.3) is 0 Å². The molecule has 0 unspecified atom stereocenters. The maximum Gasteiger partial charge on any atom is 0.208 e. The summed E-state index contributed by atoms with van der Waals surface area (Å²) in [6.07, 6.45) is 0. The lowest BCUT2D eigenvalue weighted by atomic mass is 9.99. The van der Waals surface area contributed by atoms with E-state index < -0.39 is 0 Å². The van der Waals surface area contributed by atoms with Gasteiger partial charge in [0.05, 0.1) is 28.4 Å². The molecular formula is C17H18O5. The second-order valence-corrected chi connectivity index (χ2v) is 4.40. The summed E-state index contributed by atoms with van der Waals surface area (Å²) in [6.45, 7) is 0. The number of ketones is 1. The Bertz CT molecular complexity index is 577. The minimum absolute atomic E-state index is 0.288. The number of ether oxygens (including phenoxy) is 4. The van der Waals surface area contributed by atoms with Gasteiger partial charge in [-0.15, -0.1) is 0 Å². The Morgan fingerprint density at radius 2 is 0.909 bits per heavy atom. The molecule has 0 radical (unpaired) electrons. The number of carbonyl (C=O) groups excluding carboxylic acids is 1. The van der Waals surface area contributed by atoms with Crippen LogP contribution in [0.15, 0.2) is 36.4 Å². The molecule has 116 valence electrons. The predicted octanol–water partition coefficient (Wildman–Crippen LogP) is 2.95. The van der Waals surface area contributed by atoms with E-state index in [-0.39, 0.29) is 5.78 Å². The van der Waals surface area contributed by atoms with Crippen molar-refractivity contribution in [3.05, 3.63) is 47.5 Å². The monoisotopic (exact) mass is 302 g/mol. The van der Waals surface area contributed by atoms with E-state index in [0.29, 0.717) is 34.1 Å². The van der Waals surface area contributed by atoms with E-state index in [4.69, 9.17) is 18.9 Å². The highest BCUT2D eigenvalue weighted by Gasteiger charge is 2.25. The van der Waals surface area contributed by atoms with Gasteiger partial charge in [-0.05, 0) is 24.3 Å². The maximum atomic E-state index is 13.0. The summed E-state index contributed by atoms with van der Waals surface area (Å²) >= 11 is 0. The van der Waals surface area contributed by atoms with E-state index in [1.54, 1.807) is 36.4 Å². The van der Waals surface area contributed by atoms with E-state index in [9.17, 15) is 4.79 Å². The molecule has 0 amide bonds. The highest BCUT2D eigenvalue weighted by Crippen LogP contribution is 2.36. The first kappa shape index (κ1) is 15.7. The quantitative estimate of drug-likeness (QED) is 0.768. The molecule has 5 nitrogen and oxygen atoms in total. The first-order valence-corrected chi connectivity index (χ1v) is 6.64. The summed E-state index contributed by atoms with van der Waals surface area (Å²) in [5.41, 5.74) is 0.658. The van der Waals surface area contributed by atoms with Gasteiger partial charge in [0.2, 0.25) is 5.78 Å². The Morgan fingerprint density at radius 1 is 0.636 bits per heavy atom. The standard InChI is InChI=1S/C17H18O5/c1-19-11-7-5-8-12(20-2)15(11)17(18)16-13(21-3)9-6-10-14(16)22-4/h5-10H,1-4H3. The molecule has 5 heteroatoms. The lowest BCUT2D eigenvalue weighted by Gasteiger charge is -2.15. The molecule has 0 spiro atoms. The van der Waals surface area contributed by atoms with Gasteiger partial charge in [-0.2, -0.15) is 0 Å². The number of hydrogen-bond donors (Lipinski definition) is 0. The van der Waals surface area contributed by atoms with Crippen LogP contribution < -0.4 is 18.9 Å². The zero-order chi connectivity index (χ0) is 16.1. The van der Waals surface area contributed by atoms with Gasteiger partial charge in [0, 0.05) is 0 Å². The average molecular weight is 302 g/mol. The Labute approximate surface area is 129 Å². The van der Waals surface area contributed by atoms with Gasteiger partial charge in [-0.1, -0.05) is 12.1 Å². The molecule has 2 aromatic carbocycles. The third kappa shape index (κ3) is 2.70. The molecule has 0 N–H and O–H groups in total. The minimum atomic E-state index is -0.288. The Hall–Kier alpha value is -2.69. The highest BCUT2D eigenvalue weighted by molar-refractivity contribution is 6.15. The fourth-order valence-electron chi connectivity index (χ4n) is 2.27. The van der Waals surface area contributed by atoms with Gasteiger partial charge in [0.25, 0.3) is 0 Å². The fraction of sp³-hybridized carbons (Fsp3) is 0.235. The number of hydrogen-bond acceptors (Lipinski definition) is 5. The van der Waals surface area contributed by atoms with Crippen LogP contribution in [0.3, 0.4) is 0 Å². The Morgan fingerprint density at radius 3 is 1.14 bits per heavy atom. The molecule has 0 aromatic heterocycles. The molecule has 0 saturated heterocycles. The van der Waals surface area contributed by atoms with Crippen molar-refractivity contribution in [3.8, 4) is 23.0 Å². The van der Waals surface area contributed by atoms with Crippen LogP contribution in [0.4, 0.5) is 0 Å². The summed E-state index contributed by atoms with van der Waals surface area (Å²) in [7, 11) is 6.02. The van der Waals surface area contributed by atoms with Crippen molar-refractivity contribution < 1.29 is 23.7 Å². The lowest BCUT2D eigenvalue weighted by molar-refractivity contribution is 0.102. The molecule has 0 fully saturated rings. The van der Waals surface area contributed by atoms with E-state index in [1.807, 2.05) is 0 Å². The van der Waals surface area contributed by atoms with Gasteiger partial charge in [-0.25, -0.2) is 0 Å². The van der Waals surface area contributed by atoms with Gasteiger partial charge < -0.3 is 18.9 Å². The van der Waals surface area contributed by atoms with Crippen LogP contribution in [0.1, 0.15) is 15.9 Å². The molecule has 0 heterocycles. The summed E-state index contributed by atoms with van der Waals surface area (Å²) < 4.78 is 21.2. The minimum Gasteiger partial charge on any atom is -0.496 e.